The topological polar surface area (TPSA) is 21.3 Å². The highest BCUT2D eigenvalue weighted by Crippen LogP contribution is 2.28. The molecule has 1 N–H and O–H groups in total. The van der Waals surface area contributed by atoms with E-state index < -0.39 is 0 Å². The molecule has 0 aromatic heterocycles. The molecule has 2 heteroatoms. The molecule has 0 aliphatic carbocycles. The lowest BCUT2D eigenvalue weighted by Gasteiger charge is -2.17. The number of hydrogen-bond donors (Lipinski definition) is 1. The molecule has 1 aliphatic heterocycles. The summed E-state index contributed by atoms with van der Waals surface area (Å²) >= 11 is 0. The van der Waals surface area contributed by atoms with Gasteiger partial charge in [-0.1, -0.05) is 36.4 Å². The number of rotatable bonds is 3. The van der Waals surface area contributed by atoms with Crippen LogP contribution < -0.4 is 10.1 Å². The minimum atomic E-state index is 0.895. The first-order valence-electron chi connectivity index (χ1n) is 7.43. The van der Waals surface area contributed by atoms with E-state index in [1.165, 1.54) is 27.8 Å². The van der Waals surface area contributed by atoms with Crippen molar-refractivity contribution in [3.05, 3.63) is 59.7 Å². The number of methoxy groups -OCH3 is 1. The fourth-order valence-corrected chi connectivity index (χ4v) is 2.85. The molecule has 0 spiro atoms. The quantitative estimate of drug-likeness (QED) is 0.915. The lowest BCUT2D eigenvalue weighted by molar-refractivity contribution is 0.415. The van der Waals surface area contributed by atoms with Crippen molar-refractivity contribution in [2.75, 3.05) is 20.2 Å². The molecule has 0 unspecified atom stereocenters. The first kappa shape index (κ1) is 13.9. The molecular weight excluding hydrogens is 258 g/mol. The van der Waals surface area contributed by atoms with Gasteiger partial charge in [0.1, 0.15) is 5.75 Å². The molecule has 3 rings (SSSR count). The predicted octanol–water partition coefficient (Wildman–Crippen LogP) is 4.05. The Kier molecular flexibility index (Phi) is 4.07. The van der Waals surface area contributed by atoms with Gasteiger partial charge in [-0.3, -0.25) is 0 Å². The number of nitrogens with one attached hydrogen (secondary N) is 1. The molecule has 2 nitrogen and oxygen atoms in total. The Morgan fingerprint density at radius 3 is 2.38 bits per heavy atom. The monoisotopic (exact) mass is 279 g/mol. The number of ether oxygens (including phenoxy) is 1. The van der Waals surface area contributed by atoms with Crippen molar-refractivity contribution in [1.82, 2.24) is 5.32 Å². The van der Waals surface area contributed by atoms with E-state index in [1.54, 1.807) is 7.11 Å². The van der Waals surface area contributed by atoms with Gasteiger partial charge in [0.25, 0.3) is 0 Å². The highest BCUT2D eigenvalue weighted by Gasteiger charge is 2.09. The molecule has 0 bridgehead atoms. The lowest BCUT2D eigenvalue weighted by atomic mass is 9.93. The molecule has 0 saturated carbocycles. The lowest BCUT2D eigenvalue weighted by Crippen LogP contribution is -2.20. The summed E-state index contributed by atoms with van der Waals surface area (Å²) in [6.45, 7) is 4.26. The fraction of sp³-hybridized carbons (Fsp3) is 0.263. The van der Waals surface area contributed by atoms with Gasteiger partial charge >= 0.3 is 0 Å². The molecular formula is C19H21NO. The summed E-state index contributed by atoms with van der Waals surface area (Å²) in [7, 11) is 1.70. The van der Waals surface area contributed by atoms with E-state index in [9.17, 15) is 0 Å². The van der Waals surface area contributed by atoms with Gasteiger partial charge in [0, 0.05) is 6.54 Å². The van der Waals surface area contributed by atoms with Crippen LogP contribution in [0.4, 0.5) is 0 Å². The van der Waals surface area contributed by atoms with Crippen LogP contribution in [0.5, 0.6) is 5.75 Å². The van der Waals surface area contributed by atoms with Crippen LogP contribution in [0.15, 0.2) is 48.5 Å². The maximum atomic E-state index is 5.21. The maximum Gasteiger partial charge on any atom is 0.118 e. The van der Waals surface area contributed by atoms with E-state index in [1.807, 2.05) is 12.1 Å². The van der Waals surface area contributed by atoms with Gasteiger partial charge < -0.3 is 10.1 Å². The minimum absolute atomic E-state index is 0.895. The van der Waals surface area contributed by atoms with Crippen molar-refractivity contribution in [2.24, 2.45) is 0 Å². The van der Waals surface area contributed by atoms with Crippen molar-refractivity contribution in [1.29, 1.82) is 0 Å². The van der Waals surface area contributed by atoms with E-state index >= 15 is 0 Å². The van der Waals surface area contributed by atoms with Crippen molar-refractivity contribution in [2.45, 2.75) is 13.3 Å². The van der Waals surface area contributed by atoms with E-state index in [-0.39, 0.29) is 0 Å². The molecule has 0 fully saturated rings. The van der Waals surface area contributed by atoms with Crippen LogP contribution in [0.25, 0.3) is 16.7 Å². The average molecular weight is 279 g/mol. The summed E-state index contributed by atoms with van der Waals surface area (Å²) < 4.78 is 5.21. The highest BCUT2D eigenvalue weighted by molar-refractivity contribution is 5.73. The first-order chi connectivity index (χ1) is 10.3. The minimum Gasteiger partial charge on any atom is -0.497 e. The van der Waals surface area contributed by atoms with Crippen LogP contribution in [0.1, 0.15) is 17.5 Å². The Labute approximate surface area is 126 Å². The second-order valence-electron chi connectivity index (χ2n) is 5.44. The predicted molar refractivity (Wildman–Crippen MR) is 88.6 cm³/mol. The van der Waals surface area contributed by atoms with E-state index in [0.717, 1.165) is 25.3 Å². The molecule has 1 aliphatic rings. The Bertz CT molecular complexity index is 656. The summed E-state index contributed by atoms with van der Waals surface area (Å²) in [5, 5.41) is 3.36. The van der Waals surface area contributed by atoms with Crippen molar-refractivity contribution in [3.63, 3.8) is 0 Å². The van der Waals surface area contributed by atoms with Gasteiger partial charge in [-0.2, -0.15) is 0 Å². The highest BCUT2D eigenvalue weighted by atomic mass is 16.5. The molecule has 21 heavy (non-hydrogen) atoms. The normalized spacial score (nSPS) is 14.7. The van der Waals surface area contributed by atoms with Crippen molar-refractivity contribution >= 4 is 5.57 Å². The van der Waals surface area contributed by atoms with Crippen LogP contribution >= 0.6 is 0 Å². The van der Waals surface area contributed by atoms with E-state index in [4.69, 9.17) is 4.74 Å². The largest absolute Gasteiger partial charge is 0.497 e. The Balaban J connectivity index is 1.91. The van der Waals surface area contributed by atoms with Gasteiger partial charge in [0.05, 0.1) is 7.11 Å². The summed E-state index contributed by atoms with van der Waals surface area (Å²) in [5.74, 6) is 0.895. The Morgan fingerprint density at radius 1 is 1.00 bits per heavy atom. The van der Waals surface area contributed by atoms with Crippen LogP contribution in [0.2, 0.25) is 0 Å². The van der Waals surface area contributed by atoms with Crippen molar-refractivity contribution < 1.29 is 4.74 Å². The fourth-order valence-electron chi connectivity index (χ4n) is 2.85. The average Bonchev–Trinajstić information content (AvgIpc) is 2.55. The van der Waals surface area contributed by atoms with Crippen LogP contribution in [-0.4, -0.2) is 20.2 Å². The zero-order chi connectivity index (χ0) is 14.7. The molecule has 0 saturated heterocycles. The summed E-state index contributed by atoms with van der Waals surface area (Å²) in [6.07, 6.45) is 3.42. The zero-order valence-electron chi connectivity index (χ0n) is 12.6. The maximum absolute atomic E-state index is 5.21. The smallest absolute Gasteiger partial charge is 0.118 e. The van der Waals surface area contributed by atoms with Crippen LogP contribution in [0.3, 0.4) is 0 Å². The zero-order valence-corrected chi connectivity index (χ0v) is 12.6. The standard InChI is InChI=1S/C19H21NO/c1-14-13-17(15-3-6-18(21-2)7-4-15)5-8-19(14)16-9-11-20-12-10-16/h3-9,13,20H,10-12H2,1-2H3. The summed E-state index contributed by atoms with van der Waals surface area (Å²) in [6, 6.07) is 15.0. The van der Waals surface area contributed by atoms with Gasteiger partial charge in [0.15, 0.2) is 0 Å². The third kappa shape index (κ3) is 3.01. The second-order valence-corrected chi connectivity index (χ2v) is 5.44. The third-order valence-electron chi connectivity index (χ3n) is 4.06. The van der Waals surface area contributed by atoms with Gasteiger partial charge in [0.2, 0.25) is 0 Å². The molecule has 2 aromatic carbocycles. The summed E-state index contributed by atoms with van der Waals surface area (Å²) in [4.78, 5) is 0. The molecule has 1 heterocycles. The Morgan fingerprint density at radius 2 is 1.76 bits per heavy atom. The van der Waals surface area contributed by atoms with Crippen LogP contribution in [0, 0.1) is 6.92 Å². The van der Waals surface area contributed by atoms with Crippen LogP contribution in [-0.2, 0) is 0 Å². The Hall–Kier alpha value is -2.06. The van der Waals surface area contributed by atoms with Gasteiger partial charge in [-0.25, -0.2) is 0 Å². The molecule has 0 amide bonds. The SMILES string of the molecule is COc1ccc(-c2ccc(C3=CCNCC3)c(C)c2)cc1. The van der Waals surface area contributed by atoms with E-state index in [2.05, 4.69) is 48.6 Å². The number of benzene rings is 2. The first-order valence-corrected chi connectivity index (χ1v) is 7.43. The molecule has 108 valence electrons. The van der Waals surface area contributed by atoms with Crippen molar-refractivity contribution in [3.8, 4) is 16.9 Å². The van der Waals surface area contributed by atoms with E-state index in [0.29, 0.717) is 0 Å². The van der Waals surface area contributed by atoms with Gasteiger partial charge in [-0.05, 0) is 59.8 Å². The summed E-state index contributed by atoms with van der Waals surface area (Å²) in [5.41, 5.74) is 6.68. The second kappa shape index (κ2) is 6.15. The van der Waals surface area contributed by atoms with Gasteiger partial charge in [-0.15, -0.1) is 0 Å². The molecule has 0 radical (unpaired) electrons. The molecule has 0 atom stereocenters. The number of hydrogen-bond acceptors (Lipinski definition) is 2. The molecule has 2 aromatic rings. The third-order valence-corrected chi connectivity index (χ3v) is 4.06. The number of aryl methyl sites for hydroxylation is 1.